The Morgan fingerprint density at radius 3 is 1.13 bits per heavy atom. The normalized spacial score (nSPS) is 27.3. The van der Waals surface area contributed by atoms with Gasteiger partial charge in [0.25, 0.3) is 19.2 Å². The number of carbonyl (C=O) groups excluding carboxylic acids is 1. The number of aliphatic hydroxyl groups excluding tert-OH is 2. The molecule has 6 aromatic rings. The summed E-state index contributed by atoms with van der Waals surface area (Å²) in [6.45, 7) is 53.7. The second-order valence-electron chi connectivity index (χ2n) is 45.2. The minimum absolute atomic E-state index is 0. The van der Waals surface area contributed by atoms with E-state index >= 15 is 0 Å². The second-order valence-corrected chi connectivity index (χ2v) is 53.1. The van der Waals surface area contributed by atoms with Crippen molar-refractivity contribution in [3.63, 3.8) is 0 Å². The molecule has 1 radical (unpaired) electrons. The van der Waals surface area contributed by atoms with Crippen LogP contribution in [0.25, 0.3) is 52.8 Å². The molecule has 773 valence electrons. The van der Waals surface area contributed by atoms with Crippen molar-refractivity contribution in [3.8, 4) is 0 Å². The summed E-state index contributed by atoms with van der Waals surface area (Å²) in [5.41, 5.74) is 63.9. The monoisotopic (exact) mass is 2160 g/mol. The number of hydrogen-bond acceptors (Lipinski definition) is 14. The molecule has 0 bridgehead atoms. The van der Waals surface area contributed by atoms with E-state index in [-0.39, 0.29) is 186 Å². The quantitative estimate of drug-likeness (QED) is 0.00993. The molecule has 0 saturated heterocycles. The Hall–Kier alpha value is -2.40. The first-order valence-corrected chi connectivity index (χ1v) is 55.3. The van der Waals surface area contributed by atoms with Gasteiger partial charge in [0.1, 0.15) is 5.78 Å². The molecule has 10 unspecified atom stereocenters. The van der Waals surface area contributed by atoms with Gasteiger partial charge in [0.05, 0.1) is 28.6 Å². The fourth-order valence-electron chi connectivity index (χ4n) is 21.2. The summed E-state index contributed by atoms with van der Waals surface area (Å²) >= 11 is 6.85. The van der Waals surface area contributed by atoms with Crippen molar-refractivity contribution in [1.82, 2.24) is 0 Å². The van der Waals surface area contributed by atoms with Gasteiger partial charge in [-0.25, -0.2) is 8.42 Å². The van der Waals surface area contributed by atoms with Crippen LogP contribution in [0.3, 0.4) is 0 Å². The van der Waals surface area contributed by atoms with Crippen molar-refractivity contribution in [2.45, 2.75) is 358 Å². The number of nitrogens with two attached hydrogens (primary N) is 2. The number of halogens is 2. The predicted octanol–water partition coefficient (Wildman–Crippen LogP) is 15.1. The molecule has 10 aliphatic rings. The van der Waals surface area contributed by atoms with Gasteiger partial charge in [0.15, 0.2) is 34.7 Å². The molecule has 0 aliphatic heterocycles. The molecule has 10 aliphatic carbocycles. The van der Waals surface area contributed by atoms with Gasteiger partial charge in [-0.05, 0) is 309 Å². The van der Waals surface area contributed by atoms with Gasteiger partial charge in [-0.3, -0.25) is 18.8 Å². The van der Waals surface area contributed by atoms with Crippen LogP contribution in [0.15, 0.2) is 182 Å². The molecule has 9 fully saturated rings. The first-order valence-electron chi connectivity index (χ1n) is 48.9. The van der Waals surface area contributed by atoms with Crippen LogP contribution in [-0.2, 0) is 41.2 Å². The Kier molecular flexibility index (Phi) is 68.1. The zero-order chi connectivity index (χ0) is 104. The van der Waals surface area contributed by atoms with Gasteiger partial charge in [0, 0.05) is 61.3 Å². The molecule has 9 saturated carbocycles. The third-order valence-electron chi connectivity index (χ3n) is 32.1. The van der Waals surface area contributed by atoms with E-state index in [9.17, 15) is 31.8 Å². The Balaban J connectivity index is -0.000000500. The number of ketones is 1. The van der Waals surface area contributed by atoms with Gasteiger partial charge >= 0.3 is 122 Å². The predicted molar refractivity (Wildman–Crippen MR) is 600 cm³/mol. The van der Waals surface area contributed by atoms with E-state index in [1.807, 2.05) is 13.8 Å². The minimum Gasteiger partial charge on any atom is -1.00 e. The summed E-state index contributed by atoms with van der Waals surface area (Å²) in [5.74, 6) is 7.51. The van der Waals surface area contributed by atoms with Crippen LogP contribution < -0.4 is 124 Å². The number of thiol groups is 1. The number of azide groups is 2. The standard InChI is InChI=1S/C19H24O2.C18H15P.C15H22O3S.C8H15Br.2C8H15N3.2C8H17N.C8H16O.C7H7ClO2S.2Al.BHNS.2Li.2N3.2Na.8H/c1-19-9-8-15-14-4-2-12(11-20)10-13(14)3-5-16(15)17(19)6-7-18(19)21;1-4-10-16(11-5-1)19(17-12-6-2-7-13-17)18-14-8-3-9-15-18;1-11-5-7-14(8-6-11)19(16,17)18-13-9-12(2)15(3,4)10-13;1-6-4-7(9)5-8(6,2)3;2*1-6-4-7(10-11-9)5-8(6,2)3;3*1-6-4-7(9)5-8(6,2)3;1-6-2-4-7(5-3-6)11(8,9)10;;;1-2-3;;;2*1-3-2;;;;;;;;;;/h2,4,10,15-17,20H,3,5-9,11H2,1H3;1-15H;5-8,12-13H,9-10H2,1-4H3;6-7H,4-5H2,1-3H3;2*6-7H,4-5H2,1-3H3;2*6-7H,4-5,9H2,1-3H3;6-7,9H,4-5H2,1-3H3;2-5H,1H3;;;3H;;;;;;;;;;;;;;/q;;;;;;;;;;;;;2*+1;2*-1;2*+1;;;;;;;2*-1/t15?,16?,17?,19-;;12?,13-;6*6?,7-;;;;;;;;;;;;;;;;;;/m0.0110100................../s1. The molecule has 0 spiro atoms. The molecule has 0 aromatic heterocycles. The number of carbonyl (C=O) groups is 1. The third-order valence-corrected chi connectivity index (χ3v) is 38.0. The van der Waals surface area contributed by atoms with E-state index in [2.05, 4.69) is 322 Å². The fraction of sp³-hybridized carbons (Fsp3) is 0.654. The maximum Gasteiger partial charge on any atom is 1.00 e. The van der Waals surface area contributed by atoms with Crippen molar-refractivity contribution in [2.24, 2.45) is 123 Å². The zero-order valence-electron chi connectivity index (χ0n) is 92.5. The number of aliphatic hydroxyl groups is 2. The largest absolute Gasteiger partial charge is 1.00 e. The molecule has 143 heavy (non-hydrogen) atoms. The molecule has 6 N–H and O–H groups in total. The summed E-state index contributed by atoms with van der Waals surface area (Å²) in [6, 6.07) is 53.4. The van der Waals surface area contributed by atoms with E-state index in [0.29, 0.717) is 91.8 Å². The molecular weight excluding hydrogens is 1990 g/mol. The van der Waals surface area contributed by atoms with Crippen LogP contribution in [-0.4, -0.2) is 116 Å². The van der Waals surface area contributed by atoms with E-state index in [1.165, 1.54) is 93.9 Å². The number of hydrogen-bond donors (Lipinski definition) is 5. The first-order chi connectivity index (χ1) is 63.7. The van der Waals surface area contributed by atoms with Gasteiger partial charge < -0.3 is 46.7 Å². The second kappa shape index (κ2) is 67.3. The SMILES string of the molecule is CC1C[C@@H](Br)CC1(C)C.CC1C[C@@H](N)CC1(C)C.CC1C[C@@H](N=[N+]=[N-])CC1(C)C.CC1C[C@H](N)CC1(C)C.CC1C[C@H](N=[N+]=[N-])CC1(C)C.CC1C[C@H](O)CC1(C)C.C[C@]12CCC3c4ccc(CO)cc4CCC3C1CCC2=O.Cc1ccc(S(=O)(=O)Cl)cc1.Cc1ccc(S(=O)(=O)O[C@H]2CC(C)C(C)(C)C2)cc1.[AlH3].[AlH3].[B]=NS.[H-].[H-].[Li+].[Li+].[N-]=[N+]=[N-].[N-]=[N+]=[N-].[Na+].[Na+].c1ccc(P(c2ccccc2)c2ccccc2)cc1. The summed E-state index contributed by atoms with van der Waals surface area (Å²) in [5, 5.41) is 30.3. The fourth-order valence-corrected chi connectivity index (χ4v) is 26.7. The van der Waals surface area contributed by atoms with Gasteiger partial charge in [-0.2, -0.15) is 8.42 Å². The summed E-state index contributed by atoms with van der Waals surface area (Å²) in [4.78, 5) is 22.2. The topological polar surface area (TPSA) is 414 Å². The van der Waals surface area contributed by atoms with Crippen molar-refractivity contribution < 1.29 is 136 Å². The maximum absolute atomic E-state index is 12.3. The van der Waals surface area contributed by atoms with E-state index in [4.69, 9.17) is 59.5 Å². The van der Waals surface area contributed by atoms with Crippen LogP contribution in [0, 0.1) is 110 Å². The van der Waals surface area contributed by atoms with Gasteiger partial charge in [-0.15, -0.1) is 0 Å². The van der Waals surface area contributed by atoms with Crippen molar-refractivity contribution >= 4 is 131 Å². The Labute approximate surface area is 974 Å². The minimum atomic E-state index is -3.63. The average molecular weight is 2160 g/mol. The summed E-state index contributed by atoms with van der Waals surface area (Å²) in [7, 11) is 1.79. The van der Waals surface area contributed by atoms with Gasteiger partial charge in [-0.1, -0.05) is 323 Å². The first kappa shape index (κ1) is 145. The zero-order valence-corrected chi connectivity index (χ0v) is 100. The molecule has 0 amide bonds. The number of aryl methyl sites for hydroxylation is 3. The average Bonchev–Trinajstić information content (AvgIpc) is 1.61. The number of rotatable bonds is 10. The van der Waals surface area contributed by atoms with Crippen molar-refractivity contribution in [1.29, 1.82) is 0 Å². The molecule has 18 atom stereocenters. The van der Waals surface area contributed by atoms with Crippen LogP contribution >= 0.6 is 47.3 Å². The van der Waals surface area contributed by atoms with Crippen molar-refractivity contribution in [3.05, 3.63) is 238 Å². The molecule has 0 heterocycles. The third kappa shape index (κ3) is 47.2. The van der Waals surface area contributed by atoms with E-state index < -0.39 is 27.1 Å². The molecule has 23 nitrogen and oxygen atoms in total. The maximum atomic E-state index is 12.3. The van der Waals surface area contributed by atoms with Gasteiger partial charge in [0.2, 0.25) is 0 Å². The Bertz CT molecular complexity index is 4900. The summed E-state index contributed by atoms with van der Waals surface area (Å²) < 4.78 is 53.9. The molecular formula is C107H172Al2BBrClLi2N15Na2O8PS3. The number of benzene rings is 6. The smallest absolute Gasteiger partial charge is 1.00 e. The van der Waals surface area contributed by atoms with Crippen molar-refractivity contribution in [2.75, 3.05) is 0 Å². The van der Waals surface area contributed by atoms with Crippen LogP contribution in [0.1, 0.15) is 311 Å². The van der Waals surface area contributed by atoms with E-state index in [1.54, 1.807) is 36.4 Å². The Morgan fingerprint density at radius 2 is 0.853 bits per heavy atom. The Morgan fingerprint density at radius 1 is 0.503 bits per heavy atom. The van der Waals surface area contributed by atoms with E-state index in [0.717, 1.165) is 123 Å². The molecule has 36 heteroatoms. The van der Waals surface area contributed by atoms with Crippen LogP contribution in [0.4, 0.5) is 0 Å². The summed E-state index contributed by atoms with van der Waals surface area (Å²) in [6.07, 6.45) is 21.5. The number of nitrogens with zero attached hydrogens (tertiary/aromatic N) is 13. The van der Waals surface area contributed by atoms with Crippen LogP contribution in [0.5, 0.6) is 0 Å². The number of alkyl halides is 1. The molecule has 6 aromatic carbocycles. The van der Waals surface area contributed by atoms with Crippen LogP contribution in [0.2, 0.25) is 0 Å². The number of fused-ring (bicyclic) bond motifs is 5. The molecule has 16 rings (SSSR count). The number of Topliss-reactive ketones (excluding diaryl/α,β-unsaturated/α-hetero) is 1.